The number of aryl methyl sites for hydroxylation is 2. The maximum Gasteiger partial charge on any atom is 0.262 e. The lowest BCUT2D eigenvalue weighted by molar-refractivity contribution is 0.600. The van der Waals surface area contributed by atoms with E-state index in [1.807, 2.05) is 6.92 Å². The minimum Gasteiger partial charge on any atom is -0.399 e. The zero-order valence-corrected chi connectivity index (χ0v) is 11.5. The van der Waals surface area contributed by atoms with E-state index in [1.54, 1.807) is 31.3 Å². The molecule has 1 aromatic heterocycles. The van der Waals surface area contributed by atoms with Crippen molar-refractivity contribution >= 4 is 21.4 Å². The average molecular weight is 277 g/mol. The van der Waals surface area contributed by atoms with Crippen molar-refractivity contribution in [3.05, 3.63) is 47.8 Å². The summed E-state index contributed by atoms with van der Waals surface area (Å²) in [4.78, 5) is 4.09. The molecule has 0 spiro atoms. The molecule has 6 heteroatoms. The Labute approximate surface area is 112 Å². The molecule has 3 N–H and O–H groups in total. The normalized spacial score (nSPS) is 11.3. The Balaban J connectivity index is 2.44. The van der Waals surface area contributed by atoms with Crippen molar-refractivity contribution in [1.82, 2.24) is 4.98 Å². The van der Waals surface area contributed by atoms with Gasteiger partial charge in [0.25, 0.3) is 10.0 Å². The highest BCUT2D eigenvalue weighted by atomic mass is 32.2. The predicted octanol–water partition coefficient (Wildman–Crippen LogP) is 2.08. The molecule has 100 valence electrons. The fourth-order valence-electron chi connectivity index (χ4n) is 1.68. The number of nitrogens with zero attached hydrogens (tertiary/aromatic N) is 1. The maximum atomic E-state index is 12.3. The lowest BCUT2D eigenvalue weighted by atomic mass is 10.2. The van der Waals surface area contributed by atoms with Crippen molar-refractivity contribution in [2.45, 2.75) is 18.7 Å². The van der Waals surface area contributed by atoms with Crippen LogP contribution in [0.5, 0.6) is 0 Å². The molecule has 0 aliphatic carbocycles. The quantitative estimate of drug-likeness (QED) is 0.841. The highest BCUT2D eigenvalue weighted by molar-refractivity contribution is 7.92. The van der Waals surface area contributed by atoms with Gasteiger partial charge in [0.2, 0.25) is 0 Å². The highest BCUT2D eigenvalue weighted by Gasteiger charge is 2.18. The van der Waals surface area contributed by atoms with Crippen molar-refractivity contribution in [3.8, 4) is 0 Å². The van der Waals surface area contributed by atoms with Crippen LogP contribution in [0.2, 0.25) is 0 Å². The number of benzene rings is 1. The van der Waals surface area contributed by atoms with E-state index in [2.05, 4.69) is 9.71 Å². The summed E-state index contributed by atoms with van der Waals surface area (Å²) in [7, 11) is -3.66. The molecular weight excluding hydrogens is 262 g/mol. The average Bonchev–Trinajstić information content (AvgIpc) is 2.35. The Kier molecular flexibility index (Phi) is 3.44. The molecule has 0 saturated heterocycles. The molecule has 0 radical (unpaired) electrons. The Hall–Kier alpha value is -2.08. The van der Waals surface area contributed by atoms with Gasteiger partial charge in [-0.15, -0.1) is 0 Å². The van der Waals surface area contributed by atoms with Gasteiger partial charge in [-0.1, -0.05) is 6.07 Å². The second-order valence-corrected chi connectivity index (χ2v) is 5.97. The van der Waals surface area contributed by atoms with Crippen molar-refractivity contribution in [1.29, 1.82) is 0 Å². The van der Waals surface area contributed by atoms with Gasteiger partial charge in [-0.2, -0.15) is 0 Å². The first kappa shape index (κ1) is 13.4. The SMILES string of the molecule is Cc1ccncc1NS(=O)(=O)c1cc(N)ccc1C. The van der Waals surface area contributed by atoms with Gasteiger partial charge in [-0.05, 0) is 43.2 Å². The fraction of sp³-hybridized carbons (Fsp3) is 0.154. The Morgan fingerprint density at radius 3 is 2.58 bits per heavy atom. The Morgan fingerprint density at radius 1 is 1.16 bits per heavy atom. The number of nitrogens with one attached hydrogen (secondary N) is 1. The zero-order valence-electron chi connectivity index (χ0n) is 10.7. The number of sulfonamides is 1. The van der Waals surface area contributed by atoms with E-state index in [0.29, 0.717) is 16.9 Å². The zero-order chi connectivity index (χ0) is 14.0. The van der Waals surface area contributed by atoms with Crippen LogP contribution in [-0.2, 0) is 10.0 Å². The molecule has 0 aliphatic rings. The molecule has 0 bridgehead atoms. The van der Waals surface area contributed by atoms with E-state index in [-0.39, 0.29) is 4.90 Å². The summed E-state index contributed by atoms with van der Waals surface area (Å²) in [6, 6.07) is 6.54. The predicted molar refractivity (Wildman–Crippen MR) is 75.4 cm³/mol. The van der Waals surface area contributed by atoms with Crippen LogP contribution in [0.25, 0.3) is 0 Å². The third kappa shape index (κ3) is 2.85. The number of hydrogen-bond donors (Lipinski definition) is 2. The summed E-state index contributed by atoms with van der Waals surface area (Å²) in [5, 5.41) is 0. The lowest BCUT2D eigenvalue weighted by Crippen LogP contribution is -2.15. The van der Waals surface area contributed by atoms with E-state index in [9.17, 15) is 8.42 Å². The first-order chi connectivity index (χ1) is 8.90. The topological polar surface area (TPSA) is 85.1 Å². The molecule has 2 aromatic rings. The van der Waals surface area contributed by atoms with Gasteiger partial charge in [0, 0.05) is 11.9 Å². The molecule has 1 heterocycles. The van der Waals surface area contributed by atoms with Gasteiger partial charge in [0.05, 0.1) is 16.8 Å². The molecule has 19 heavy (non-hydrogen) atoms. The molecule has 0 fully saturated rings. The molecule has 0 unspecified atom stereocenters. The van der Waals surface area contributed by atoms with E-state index < -0.39 is 10.0 Å². The van der Waals surface area contributed by atoms with E-state index in [4.69, 9.17) is 5.73 Å². The van der Waals surface area contributed by atoms with Crippen LogP contribution in [0.1, 0.15) is 11.1 Å². The van der Waals surface area contributed by atoms with Crippen LogP contribution < -0.4 is 10.5 Å². The van der Waals surface area contributed by atoms with Crippen molar-refractivity contribution in [2.24, 2.45) is 0 Å². The Morgan fingerprint density at radius 2 is 1.89 bits per heavy atom. The maximum absolute atomic E-state index is 12.3. The van der Waals surface area contributed by atoms with Crippen LogP contribution >= 0.6 is 0 Å². The smallest absolute Gasteiger partial charge is 0.262 e. The number of rotatable bonds is 3. The molecule has 0 aliphatic heterocycles. The van der Waals surface area contributed by atoms with Crippen LogP contribution in [0.4, 0.5) is 11.4 Å². The van der Waals surface area contributed by atoms with Gasteiger partial charge in [0.1, 0.15) is 0 Å². The standard InChI is InChI=1S/C13H15N3O2S/c1-9-5-6-15-8-12(9)16-19(17,18)13-7-11(14)4-3-10(13)2/h3-8,16H,14H2,1-2H3. The van der Waals surface area contributed by atoms with Gasteiger partial charge in [-0.3, -0.25) is 9.71 Å². The summed E-state index contributed by atoms with van der Waals surface area (Å²) in [6.45, 7) is 3.54. The molecule has 5 nitrogen and oxygen atoms in total. The summed E-state index contributed by atoms with van der Waals surface area (Å²) >= 11 is 0. The molecule has 0 atom stereocenters. The summed E-state index contributed by atoms with van der Waals surface area (Å²) in [5.41, 5.74) is 7.96. The fourth-order valence-corrected chi connectivity index (χ4v) is 3.07. The minimum absolute atomic E-state index is 0.177. The number of anilines is 2. The van der Waals surface area contributed by atoms with E-state index >= 15 is 0 Å². The second kappa shape index (κ2) is 4.89. The largest absolute Gasteiger partial charge is 0.399 e. The summed E-state index contributed by atoms with van der Waals surface area (Å²) in [6.07, 6.45) is 3.09. The van der Waals surface area contributed by atoms with Crippen molar-refractivity contribution in [3.63, 3.8) is 0 Å². The van der Waals surface area contributed by atoms with Gasteiger partial charge < -0.3 is 5.73 Å². The molecule has 1 aromatic carbocycles. The number of pyridine rings is 1. The number of hydrogen-bond acceptors (Lipinski definition) is 4. The highest BCUT2D eigenvalue weighted by Crippen LogP contribution is 2.22. The lowest BCUT2D eigenvalue weighted by Gasteiger charge is -2.12. The molecule has 2 rings (SSSR count). The number of nitrogens with two attached hydrogens (primary N) is 1. The van der Waals surface area contributed by atoms with Crippen molar-refractivity contribution < 1.29 is 8.42 Å². The monoisotopic (exact) mass is 277 g/mol. The van der Waals surface area contributed by atoms with E-state index in [1.165, 1.54) is 12.3 Å². The van der Waals surface area contributed by atoms with Crippen LogP contribution in [0, 0.1) is 13.8 Å². The van der Waals surface area contributed by atoms with Crippen LogP contribution in [-0.4, -0.2) is 13.4 Å². The van der Waals surface area contributed by atoms with Crippen molar-refractivity contribution in [2.75, 3.05) is 10.5 Å². The van der Waals surface area contributed by atoms with Gasteiger partial charge in [0.15, 0.2) is 0 Å². The summed E-state index contributed by atoms with van der Waals surface area (Å²) < 4.78 is 27.2. The Bertz CT molecular complexity index is 712. The first-order valence-electron chi connectivity index (χ1n) is 5.70. The van der Waals surface area contributed by atoms with Gasteiger partial charge in [-0.25, -0.2) is 8.42 Å². The molecular formula is C13H15N3O2S. The third-order valence-corrected chi connectivity index (χ3v) is 4.29. The first-order valence-corrected chi connectivity index (χ1v) is 7.18. The third-order valence-electron chi connectivity index (χ3n) is 2.79. The molecule has 0 saturated carbocycles. The summed E-state index contributed by atoms with van der Waals surface area (Å²) in [5.74, 6) is 0. The van der Waals surface area contributed by atoms with E-state index in [0.717, 1.165) is 5.56 Å². The number of nitrogen functional groups attached to an aromatic ring is 1. The second-order valence-electron chi connectivity index (χ2n) is 4.32. The van der Waals surface area contributed by atoms with Gasteiger partial charge >= 0.3 is 0 Å². The van der Waals surface area contributed by atoms with Crippen LogP contribution in [0.3, 0.4) is 0 Å². The minimum atomic E-state index is -3.66. The number of aromatic nitrogens is 1. The molecule has 0 amide bonds. The van der Waals surface area contributed by atoms with Crippen LogP contribution in [0.15, 0.2) is 41.6 Å².